The normalized spacial score (nSPS) is 21.2. The predicted molar refractivity (Wildman–Crippen MR) is 51.4 cm³/mol. The average molecular weight is 215 g/mol. The topological polar surface area (TPSA) is 12.0 Å². The third kappa shape index (κ3) is 2.15. The highest BCUT2D eigenvalue weighted by atomic mass is 19.4. The number of fused-ring (bicyclic) bond motifs is 1. The van der Waals surface area contributed by atoms with Gasteiger partial charge in [0.2, 0.25) is 0 Å². The number of benzene rings is 1. The lowest BCUT2D eigenvalue weighted by atomic mass is 9.94. The zero-order chi connectivity index (χ0) is 11.1. The van der Waals surface area contributed by atoms with Gasteiger partial charge in [-0.2, -0.15) is 13.2 Å². The molecule has 0 fully saturated rings. The molecule has 1 N–H and O–H groups in total. The van der Waals surface area contributed by atoms with E-state index in [0.717, 1.165) is 17.2 Å². The molecule has 0 amide bonds. The molecule has 1 aromatic rings. The molecule has 1 aliphatic heterocycles. The van der Waals surface area contributed by atoms with Gasteiger partial charge in [-0.1, -0.05) is 6.07 Å². The Morgan fingerprint density at radius 2 is 2.00 bits per heavy atom. The van der Waals surface area contributed by atoms with Crippen LogP contribution in [0.2, 0.25) is 0 Å². The summed E-state index contributed by atoms with van der Waals surface area (Å²) >= 11 is 0. The molecule has 82 valence electrons. The third-order valence-electron chi connectivity index (χ3n) is 2.70. The smallest absolute Gasteiger partial charge is 0.310 e. The first kappa shape index (κ1) is 10.5. The van der Waals surface area contributed by atoms with Gasteiger partial charge in [0.05, 0.1) is 5.56 Å². The van der Waals surface area contributed by atoms with Crippen molar-refractivity contribution in [1.82, 2.24) is 5.32 Å². The predicted octanol–water partition coefficient (Wildman–Crippen LogP) is 2.74. The zero-order valence-electron chi connectivity index (χ0n) is 8.36. The number of rotatable bonds is 0. The number of hydrogen-bond donors (Lipinski definition) is 1. The van der Waals surface area contributed by atoms with E-state index >= 15 is 0 Å². The standard InChI is InChI=1S/C11H12F3N/c1-7-4-9-5-10(11(12,13)14)3-2-8(9)6-15-7/h2-3,5,7,15H,4,6H2,1H3. The summed E-state index contributed by atoms with van der Waals surface area (Å²) < 4.78 is 37.3. The second-order valence-electron chi connectivity index (χ2n) is 3.97. The molecular weight excluding hydrogens is 203 g/mol. The molecule has 1 aliphatic rings. The van der Waals surface area contributed by atoms with E-state index in [-0.39, 0.29) is 6.04 Å². The van der Waals surface area contributed by atoms with Gasteiger partial charge in [0.15, 0.2) is 0 Å². The summed E-state index contributed by atoms with van der Waals surface area (Å²) in [5.41, 5.74) is 1.24. The summed E-state index contributed by atoms with van der Waals surface area (Å²) in [6.07, 6.45) is -3.57. The molecule has 1 heterocycles. The fourth-order valence-electron chi connectivity index (χ4n) is 1.85. The van der Waals surface area contributed by atoms with Crippen LogP contribution in [0, 0.1) is 0 Å². The zero-order valence-corrected chi connectivity index (χ0v) is 8.36. The van der Waals surface area contributed by atoms with Crippen LogP contribution in [-0.2, 0) is 19.1 Å². The van der Waals surface area contributed by atoms with Crippen LogP contribution in [-0.4, -0.2) is 6.04 Å². The Morgan fingerprint density at radius 1 is 1.27 bits per heavy atom. The van der Waals surface area contributed by atoms with Crippen molar-refractivity contribution in [3.8, 4) is 0 Å². The molecule has 0 radical (unpaired) electrons. The van der Waals surface area contributed by atoms with Crippen molar-refractivity contribution in [2.75, 3.05) is 0 Å². The van der Waals surface area contributed by atoms with E-state index in [1.807, 2.05) is 6.92 Å². The molecule has 0 aliphatic carbocycles. The first-order valence-corrected chi connectivity index (χ1v) is 4.89. The summed E-state index contributed by atoms with van der Waals surface area (Å²) in [6, 6.07) is 4.24. The largest absolute Gasteiger partial charge is 0.416 e. The first-order chi connectivity index (χ1) is 6.97. The summed E-state index contributed by atoms with van der Waals surface area (Å²) in [5.74, 6) is 0. The van der Waals surface area contributed by atoms with E-state index in [1.54, 1.807) is 6.07 Å². The Morgan fingerprint density at radius 3 is 2.67 bits per heavy atom. The lowest BCUT2D eigenvalue weighted by Crippen LogP contribution is -2.33. The minimum atomic E-state index is -4.23. The van der Waals surface area contributed by atoms with Crippen LogP contribution in [0.4, 0.5) is 13.2 Å². The summed E-state index contributed by atoms with van der Waals surface area (Å²) in [6.45, 7) is 2.64. The van der Waals surface area contributed by atoms with Gasteiger partial charge in [0, 0.05) is 12.6 Å². The molecule has 2 rings (SSSR count). The van der Waals surface area contributed by atoms with Crippen LogP contribution in [0.15, 0.2) is 18.2 Å². The molecule has 4 heteroatoms. The van der Waals surface area contributed by atoms with E-state index < -0.39 is 11.7 Å². The second kappa shape index (κ2) is 3.52. The van der Waals surface area contributed by atoms with E-state index in [1.165, 1.54) is 6.07 Å². The van der Waals surface area contributed by atoms with Gasteiger partial charge in [-0.05, 0) is 36.6 Å². The lowest BCUT2D eigenvalue weighted by molar-refractivity contribution is -0.137. The number of nitrogens with one attached hydrogen (secondary N) is 1. The van der Waals surface area contributed by atoms with Crippen LogP contribution in [0.25, 0.3) is 0 Å². The van der Waals surface area contributed by atoms with Crippen molar-refractivity contribution in [2.45, 2.75) is 32.1 Å². The molecule has 1 nitrogen and oxygen atoms in total. The Labute approximate surface area is 86.3 Å². The van der Waals surface area contributed by atoms with Crippen LogP contribution in [0.5, 0.6) is 0 Å². The van der Waals surface area contributed by atoms with Crippen molar-refractivity contribution in [2.24, 2.45) is 0 Å². The van der Waals surface area contributed by atoms with Gasteiger partial charge in [0.1, 0.15) is 0 Å². The summed E-state index contributed by atoms with van der Waals surface area (Å²) in [4.78, 5) is 0. The van der Waals surface area contributed by atoms with E-state index in [9.17, 15) is 13.2 Å². The molecule has 1 aromatic carbocycles. The Balaban J connectivity index is 2.37. The number of halogens is 3. The minimum absolute atomic E-state index is 0.251. The summed E-state index contributed by atoms with van der Waals surface area (Å²) in [7, 11) is 0. The van der Waals surface area contributed by atoms with Crippen molar-refractivity contribution >= 4 is 0 Å². The summed E-state index contributed by atoms with van der Waals surface area (Å²) in [5, 5.41) is 3.22. The molecule has 15 heavy (non-hydrogen) atoms. The number of alkyl halides is 3. The van der Waals surface area contributed by atoms with Gasteiger partial charge in [-0.3, -0.25) is 0 Å². The van der Waals surface area contributed by atoms with Crippen molar-refractivity contribution in [3.63, 3.8) is 0 Å². The highest BCUT2D eigenvalue weighted by Gasteiger charge is 2.31. The molecule has 0 spiro atoms. The maximum atomic E-state index is 12.4. The highest BCUT2D eigenvalue weighted by molar-refractivity contribution is 5.35. The van der Waals surface area contributed by atoms with Gasteiger partial charge >= 0.3 is 6.18 Å². The Kier molecular flexibility index (Phi) is 2.46. The molecule has 0 saturated carbocycles. The highest BCUT2D eigenvalue weighted by Crippen LogP contribution is 2.31. The SMILES string of the molecule is CC1Cc2cc(C(F)(F)F)ccc2CN1. The van der Waals surface area contributed by atoms with Gasteiger partial charge < -0.3 is 5.32 Å². The van der Waals surface area contributed by atoms with Gasteiger partial charge in [-0.15, -0.1) is 0 Å². The molecule has 0 saturated heterocycles. The molecular formula is C11H12F3N. The second-order valence-corrected chi connectivity index (χ2v) is 3.97. The molecule has 0 aromatic heterocycles. The van der Waals surface area contributed by atoms with Crippen LogP contribution >= 0.6 is 0 Å². The van der Waals surface area contributed by atoms with E-state index in [0.29, 0.717) is 13.0 Å². The Hall–Kier alpha value is -1.03. The first-order valence-electron chi connectivity index (χ1n) is 4.89. The van der Waals surface area contributed by atoms with Crippen molar-refractivity contribution in [1.29, 1.82) is 0 Å². The average Bonchev–Trinajstić information content (AvgIpc) is 2.15. The van der Waals surface area contributed by atoms with E-state index in [4.69, 9.17) is 0 Å². The fraction of sp³-hybridized carbons (Fsp3) is 0.455. The fourth-order valence-corrected chi connectivity index (χ4v) is 1.85. The Bertz CT molecular complexity index is 371. The van der Waals surface area contributed by atoms with E-state index in [2.05, 4.69) is 5.32 Å². The number of hydrogen-bond acceptors (Lipinski definition) is 1. The molecule has 1 unspecified atom stereocenters. The van der Waals surface area contributed by atoms with Crippen LogP contribution in [0.3, 0.4) is 0 Å². The maximum absolute atomic E-state index is 12.4. The van der Waals surface area contributed by atoms with Crippen LogP contribution in [0.1, 0.15) is 23.6 Å². The molecule has 1 atom stereocenters. The maximum Gasteiger partial charge on any atom is 0.416 e. The third-order valence-corrected chi connectivity index (χ3v) is 2.70. The van der Waals surface area contributed by atoms with Crippen LogP contribution < -0.4 is 5.32 Å². The minimum Gasteiger partial charge on any atom is -0.310 e. The quantitative estimate of drug-likeness (QED) is 0.701. The van der Waals surface area contributed by atoms with Gasteiger partial charge in [0.25, 0.3) is 0 Å². The lowest BCUT2D eigenvalue weighted by Gasteiger charge is -2.24. The monoisotopic (exact) mass is 215 g/mol. The van der Waals surface area contributed by atoms with Crippen molar-refractivity contribution < 1.29 is 13.2 Å². The van der Waals surface area contributed by atoms with Crippen molar-refractivity contribution in [3.05, 3.63) is 34.9 Å². The van der Waals surface area contributed by atoms with Gasteiger partial charge in [-0.25, -0.2) is 0 Å². The molecule has 0 bridgehead atoms.